The number of nitrogens with one attached hydrogen (secondary N) is 1. The van der Waals surface area contributed by atoms with Crippen LogP contribution < -0.4 is 11.0 Å². The molecule has 7 nitrogen and oxygen atoms in total. The summed E-state index contributed by atoms with van der Waals surface area (Å²) in [6.45, 7) is 1.84. The van der Waals surface area contributed by atoms with Gasteiger partial charge in [-0.2, -0.15) is 5.10 Å². The van der Waals surface area contributed by atoms with Gasteiger partial charge in [-0.15, -0.1) is 0 Å². The Balaban J connectivity index is 1.52. The minimum atomic E-state index is -0.327. The Kier molecular flexibility index (Phi) is 7.07. The minimum Gasteiger partial charge on any atom is -0.465 e. The topological polar surface area (TPSA) is 89.5 Å². The third kappa shape index (κ3) is 5.60. The van der Waals surface area contributed by atoms with Crippen molar-refractivity contribution in [3.8, 4) is 5.69 Å². The summed E-state index contributed by atoms with van der Waals surface area (Å²) >= 11 is 7.15. The Morgan fingerprint density at radius 2 is 1.97 bits per heavy atom. The third-order valence-corrected chi connectivity index (χ3v) is 5.72. The van der Waals surface area contributed by atoms with Crippen LogP contribution in [-0.4, -0.2) is 27.4 Å². The van der Waals surface area contributed by atoms with E-state index >= 15 is 0 Å². The maximum atomic E-state index is 13.2. The van der Waals surface area contributed by atoms with E-state index in [0.717, 1.165) is 17.3 Å². The van der Waals surface area contributed by atoms with E-state index in [9.17, 15) is 9.59 Å². The van der Waals surface area contributed by atoms with Crippen LogP contribution in [0.3, 0.4) is 0 Å². The molecule has 4 rings (SSSR count). The molecule has 4 aromatic rings. The molecule has 0 saturated heterocycles. The van der Waals surface area contributed by atoms with E-state index in [1.165, 1.54) is 10.8 Å². The molecule has 0 bridgehead atoms. The molecule has 0 radical (unpaired) electrons. The standard InChI is InChI=1S/C24H19ClN4O3S/c1-16(13-19-5-4-12-32-19)14-26-28-22(30)15-33-24-27-21-7-3-2-6-20(21)23(31)29(24)18-10-8-17(25)9-11-18/h2-14H,15H2,1H3,(H,28,30)/b16-13-,26-14+. The highest BCUT2D eigenvalue weighted by Crippen LogP contribution is 2.22. The van der Waals surface area contributed by atoms with Crippen molar-refractivity contribution in [2.75, 3.05) is 5.75 Å². The van der Waals surface area contributed by atoms with Crippen molar-refractivity contribution in [1.82, 2.24) is 15.0 Å². The summed E-state index contributed by atoms with van der Waals surface area (Å²) in [5, 5.41) is 5.42. The van der Waals surface area contributed by atoms with Gasteiger partial charge < -0.3 is 4.42 Å². The van der Waals surface area contributed by atoms with Crippen molar-refractivity contribution >= 4 is 52.5 Å². The molecule has 2 aromatic carbocycles. The van der Waals surface area contributed by atoms with E-state index < -0.39 is 0 Å². The van der Waals surface area contributed by atoms with Crippen LogP contribution in [0.15, 0.2) is 92.0 Å². The highest BCUT2D eigenvalue weighted by molar-refractivity contribution is 7.99. The van der Waals surface area contributed by atoms with E-state index in [0.29, 0.717) is 32.5 Å². The number of furan rings is 1. The van der Waals surface area contributed by atoms with E-state index in [1.54, 1.807) is 60.9 Å². The molecule has 166 valence electrons. The third-order valence-electron chi connectivity index (χ3n) is 4.53. The SMILES string of the molecule is CC(=C/c1ccco1)/C=N/NC(=O)CSc1nc2ccccc2c(=O)n1-c1ccc(Cl)cc1. The van der Waals surface area contributed by atoms with Gasteiger partial charge in [0.1, 0.15) is 5.76 Å². The molecular weight excluding hydrogens is 460 g/mol. The van der Waals surface area contributed by atoms with Gasteiger partial charge in [0.05, 0.1) is 34.8 Å². The average Bonchev–Trinajstić information content (AvgIpc) is 3.31. The lowest BCUT2D eigenvalue weighted by molar-refractivity contribution is -0.118. The smallest absolute Gasteiger partial charge is 0.266 e. The summed E-state index contributed by atoms with van der Waals surface area (Å²) < 4.78 is 6.72. The average molecular weight is 479 g/mol. The van der Waals surface area contributed by atoms with Gasteiger partial charge in [0, 0.05) is 5.02 Å². The number of aromatic nitrogens is 2. The molecule has 2 aromatic heterocycles. The fourth-order valence-corrected chi connectivity index (χ4v) is 3.96. The first kappa shape index (κ1) is 22.6. The molecule has 9 heteroatoms. The molecule has 0 fully saturated rings. The molecule has 1 N–H and O–H groups in total. The van der Waals surface area contributed by atoms with Crippen molar-refractivity contribution in [3.63, 3.8) is 0 Å². The number of amides is 1. The molecule has 0 aliphatic heterocycles. The van der Waals surface area contributed by atoms with Crippen LogP contribution in [-0.2, 0) is 4.79 Å². The summed E-state index contributed by atoms with van der Waals surface area (Å²) in [6.07, 6.45) is 4.91. The van der Waals surface area contributed by atoms with E-state index in [-0.39, 0.29) is 17.2 Å². The Bertz CT molecular complexity index is 1390. The van der Waals surface area contributed by atoms with Crippen LogP contribution in [0.4, 0.5) is 0 Å². The van der Waals surface area contributed by atoms with Crippen LogP contribution in [0.5, 0.6) is 0 Å². The molecule has 0 spiro atoms. The Hall–Kier alpha value is -3.62. The number of para-hydroxylation sites is 1. The van der Waals surface area contributed by atoms with Gasteiger partial charge in [-0.1, -0.05) is 35.5 Å². The number of benzene rings is 2. The predicted octanol–water partition coefficient (Wildman–Crippen LogP) is 4.93. The zero-order valence-electron chi connectivity index (χ0n) is 17.6. The van der Waals surface area contributed by atoms with Crippen LogP contribution in [0.2, 0.25) is 5.02 Å². The van der Waals surface area contributed by atoms with Gasteiger partial charge in [-0.05, 0) is 67.1 Å². The first-order chi connectivity index (χ1) is 16.0. The highest BCUT2D eigenvalue weighted by Gasteiger charge is 2.14. The number of thioether (sulfide) groups is 1. The molecule has 0 aliphatic carbocycles. The van der Waals surface area contributed by atoms with Gasteiger partial charge in [0.15, 0.2) is 5.16 Å². The number of allylic oxidation sites excluding steroid dienone is 1. The Labute approximate surface area is 198 Å². The highest BCUT2D eigenvalue weighted by atomic mass is 35.5. The second kappa shape index (κ2) is 10.3. The van der Waals surface area contributed by atoms with Gasteiger partial charge >= 0.3 is 0 Å². The number of nitrogens with zero attached hydrogens (tertiary/aromatic N) is 3. The lowest BCUT2D eigenvalue weighted by Gasteiger charge is -2.13. The van der Waals surface area contributed by atoms with Crippen LogP contribution in [0.25, 0.3) is 22.7 Å². The van der Waals surface area contributed by atoms with E-state index in [1.807, 2.05) is 19.1 Å². The first-order valence-corrected chi connectivity index (χ1v) is 11.3. The lowest BCUT2D eigenvalue weighted by atomic mass is 10.2. The van der Waals surface area contributed by atoms with E-state index in [2.05, 4.69) is 15.5 Å². The summed E-state index contributed by atoms with van der Waals surface area (Å²) in [6, 6.07) is 17.6. The van der Waals surface area contributed by atoms with Gasteiger partial charge in [-0.3, -0.25) is 14.2 Å². The fraction of sp³-hybridized carbons (Fsp3) is 0.0833. The number of hydrazone groups is 1. The number of halogens is 1. The maximum absolute atomic E-state index is 13.2. The normalized spacial score (nSPS) is 11.9. The van der Waals surface area contributed by atoms with Crippen molar-refractivity contribution in [3.05, 3.63) is 93.6 Å². The molecular formula is C24H19ClN4O3S. The second-order valence-electron chi connectivity index (χ2n) is 7.01. The second-order valence-corrected chi connectivity index (χ2v) is 8.39. The first-order valence-electron chi connectivity index (χ1n) is 9.95. The van der Waals surface area contributed by atoms with Crippen molar-refractivity contribution in [1.29, 1.82) is 0 Å². The Morgan fingerprint density at radius 3 is 2.73 bits per heavy atom. The summed E-state index contributed by atoms with van der Waals surface area (Å²) in [5.74, 6) is 0.395. The number of hydrogen-bond donors (Lipinski definition) is 1. The maximum Gasteiger partial charge on any atom is 0.266 e. The van der Waals surface area contributed by atoms with Crippen LogP contribution in [0, 0.1) is 0 Å². The summed E-state index contributed by atoms with van der Waals surface area (Å²) in [5.41, 5.74) is 4.25. The quantitative estimate of drug-likeness (QED) is 0.176. The molecule has 0 atom stereocenters. The summed E-state index contributed by atoms with van der Waals surface area (Å²) in [7, 11) is 0. The predicted molar refractivity (Wildman–Crippen MR) is 132 cm³/mol. The van der Waals surface area contributed by atoms with Crippen molar-refractivity contribution < 1.29 is 9.21 Å². The van der Waals surface area contributed by atoms with Crippen LogP contribution in [0.1, 0.15) is 12.7 Å². The minimum absolute atomic E-state index is 0.0245. The molecule has 2 heterocycles. The fourth-order valence-electron chi connectivity index (χ4n) is 3.03. The molecule has 1 amide bonds. The van der Waals surface area contributed by atoms with Gasteiger partial charge in [0.2, 0.25) is 0 Å². The molecule has 0 saturated carbocycles. The number of fused-ring (bicyclic) bond motifs is 1. The number of hydrogen-bond acceptors (Lipinski definition) is 6. The largest absolute Gasteiger partial charge is 0.465 e. The monoisotopic (exact) mass is 478 g/mol. The van der Waals surface area contributed by atoms with E-state index in [4.69, 9.17) is 16.0 Å². The number of rotatable bonds is 7. The number of carbonyl (C=O) groups is 1. The molecule has 0 unspecified atom stereocenters. The number of carbonyl (C=O) groups excluding carboxylic acids is 1. The van der Waals surface area contributed by atoms with Crippen molar-refractivity contribution in [2.24, 2.45) is 5.10 Å². The zero-order valence-corrected chi connectivity index (χ0v) is 19.1. The van der Waals surface area contributed by atoms with Gasteiger partial charge in [0.25, 0.3) is 11.5 Å². The van der Waals surface area contributed by atoms with Crippen LogP contribution >= 0.6 is 23.4 Å². The van der Waals surface area contributed by atoms with Gasteiger partial charge in [-0.25, -0.2) is 10.4 Å². The molecule has 33 heavy (non-hydrogen) atoms. The Morgan fingerprint density at radius 1 is 1.18 bits per heavy atom. The zero-order chi connectivity index (χ0) is 23.2. The lowest BCUT2D eigenvalue weighted by Crippen LogP contribution is -2.24. The van der Waals surface area contributed by atoms with Crippen molar-refractivity contribution in [2.45, 2.75) is 12.1 Å². The summed E-state index contributed by atoms with van der Waals surface area (Å²) in [4.78, 5) is 30.1. The molecule has 0 aliphatic rings.